The standard InChI is InChI=1S/C11H13NO2/c1-2-14-11(13)10-7-3-5-9-6-4-8-12(9)10/h3-6,8,10H,2,7H2,1H3. The lowest BCUT2D eigenvalue weighted by Gasteiger charge is -2.20. The molecule has 1 atom stereocenters. The first-order valence-electron chi connectivity index (χ1n) is 4.83. The lowest BCUT2D eigenvalue weighted by molar-refractivity contribution is -0.147. The number of fused-ring (bicyclic) bond motifs is 1. The molecule has 1 aromatic rings. The Kier molecular flexibility index (Phi) is 2.39. The SMILES string of the molecule is CCOC(=O)C1CC=Cc2cccn21. The fourth-order valence-corrected chi connectivity index (χ4v) is 1.71. The molecule has 0 bridgehead atoms. The van der Waals surface area contributed by atoms with Gasteiger partial charge >= 0.3 is 5.97 Å². The largest absolute Gasteiger partial charge is 0.464 e. The molecule has 0 amide bonds. The van der Waals surface area contributed by atoms with Crippen LogP contribution in [-0.2, 0) is 9.53 Å². The van der Waals surface area contributed by atoms with Gasteiger partial charge in [-0.3, -0.25) is 0 Å². The van der Waals surface area contributed by atoms with Gasteiger partial charge in [-0.25, -0.2) is 4.79 Å². The maximum Gasteiger partial charge on any atom is 0.329 e. The van der Waals surface area contributed by atoms with Crippen LogP contribution in [0, 0.1) is 0 Å². The summed E-state index contributed by atoms with van der Waals surface area (Å²) in [5, 5.41) is 0. The van der Waals surface area contributed by atoms with Gasteiger partial charge in [-0.1, -0.05) is 6.08 Å². The molecule has 0 aromatic carbocycles. The van der Waals surface area contributed by atoms with E-state index < -0.39 is 0 Å². The van der Waals surface area contributed by atoms with E-state index in [1.54, 1.807) is 0 Å². The van der Waals surface area contributed by atoms with Crippen molar-refractivity contribution < 1.29 is 9.53 Å². The van der Waals surface area contributed by atoms with Crippen LogP contribution < -0.4 is 0 Å². The third kappa shape index (κ3) is 1.45. The summed E-state index contributed by atoms with van der Waals surface area (Å²) in [4.78, 5) is 11.6. The summed E-state index contributed by atoms with van der Waals surface area (Å²) in [6.07, 6.45) is 6.67. The lowest BCUT2D eigenvalue weighted by Crippen LogP contribution is -2.23. The van der Waals surface area contributed by atoms with Crippen molar-refractivity contribution in [1.29, 1.82) is 0 Å². The van der Waals surface area contributed by atoms with Crippen molar-refractivity contribution in [3.63, 3.8) is 0 Å². The van der Waals surface area contributed by atoms with Crippen LogP contribution >= 0.6 is 0 Å². The highest BCUT2D eigenvalue weighted by Gasteiger charge is 2.23. The van der Waals surface area contributed by atoms with Gasteiger partial charge < -0.3 is 9.30 Å². The molecule has 0 saturated heterocycles. The smallest absolute Gasteiger partial charge is 0.329 e. The second-order valence-corrected chi connectivity index (χ2v) is 3.25. The Labute approximate surface area is 83.0 Å². The fourth-order valence-electron chi connectivity index (χ4n) is 1.71. The first-order chi connectivity index (χ1) is 6.83. The number of carbonyl (C=O) groups excluding carboxylic acids is 1. The second kappa shape index (κ2) is 3.70. The highest BCUT2D eigenvalue weighted by Crippen LogP contribution is 2.23. The number of ether oxygens (including phenoxy) is 1. The second-order valence-electron chi connectivity index (χ2n) is 3.25. The van der Waals surface area contributed by atoms with E-state index in [-0.39, 0.29) is 12.0 Å². The Hall–Kier alpha value is -1.51. The quantitative estimate of drug-likeness (QED) is 0.669. The van der Waals surface area contributed by atoms with Gasteiger partial charge in [0, 0.05) is 11.9 Å². The van der Waals surface area contributed by atoms with Crippen molar-refractivity contribution in [3.05, 3.63) is 30.1 Å². The highest BCUT2D eigenvalue weighted by molar-refractivity contribution is 5.76. The molecule has 3 nitrogen and oxygen atoms in total. The Morgan fingerprint density at radius 2 is 2.57 bits per heavy atom. The highest BCUT2D eigenvalue weighted by atomic mass is 16.5. The molecule has 0 radical (unpaired) electrons. The maximum absolute atomic E-state index is 11.6. The fraction of sp³-hybridized carbons (Fsp3) is 0.364. The van der Waals surface area contributed by atoms with Crippen LogP contribution in [0.1, 0.15) is 25.1 Å². The Bertz CT molecular complexity index is 365. The van der Waals surface area contributed by atoms with Gasteiger partial charge in [0.2, 0.25) is 0 Å². The molecule has 2 rings (SSSR count). The summed E-state index contributed by atoms with van der Waals surface area (Å²) in [6.45, 7) is 2.27. The molecule has 0 saturated carbocycles. The molecule has 1 aliphatic heterocycles. The minimum absolute atomic E-state index is 0.144. The van der Waals surface area contributed by atoms with E-state index in [1.807, 2.05) is 42.0 Å². The molecule has 0 spiro atoms. The number of allylic oxidation sites excluding steroid dienone is 1. The summed E-state index contributed by atoms with van der Waals surface area (Å²) >= 11 is 0. The number of rotatable bonds is 2. The lowest BCUT2D eigenvalue weighted by atomic mass is 10.1. The number of hydrogen-bond acceptors (Lipinski definition) is 2. The van der Waals surface area contributed by atoms with Crippen molar-refractivity contribution in [2.45, 2.75) is 19.4 Å². The van der Waals surface area contributed by atoms with Crippen LogP contribution in [0.15, 0.2) is 24.4 Å². The van der Waals surface area contributed by atoms with E-state index in [1.165, 1.54) is 0 Å². The Morgan fingerprint density at radius 3 is 3.36 bits per heavy atom. The third-order valence-electron chi connectivity index (χ3n) is 2.35. The van der Waals surface area contributed by atoms with E-state index in [0.29, 0.717) is 6.61 Å². The Morgan fingerprint density at radius 1 is 1.71 bits per heavy atom. The van der Waals surface area contributed by atoms with Gasteiger partial charge in [-0.05, 0) is 31.6 Å². The number of nitrogens with zero attached hydrogens (tertiary/aromatic N) is 1. The molecule has 0 aliphatic carbocycles. The topological polar surface area (TPSA) is 31.2 Å². The van der Waals surface area contributed by atoms with Crippen LogP contribution in [-0.4, -0.2) is 17.1 Å². The average molecular weight is 191 g/mol. The predicted molar refractivity (Wildman–Crippen MR) is 53.8 cm³/mol. The van der Waals surface area contributed by atoms with Gasteiger partial charge in [-0.2, -0.15) is 0 Å². The van der Waals surface area contributed by atoms with Crippen molar-refractivity contribution >= 4 is 12.0 Å². The molecule has 1 unspecified atom stereocenters. The minimum atomic E-state index is -0.176. The molecular formula is C11H13NO2. The van der Waals surface area contributed by atoms with Gasteiger partial charge in [0.15, 0.2) is 0 Å². The van der Waals surface area contributed by atoms with Gasteiger partial charge in [0.05, 0.1) is 6.61 Å². The molecule has 2 heterocycles. The van der Waals surface area contributed by atoms with Crippen LogP contribution in [0.2, 0.25) is 0 Å². The van der Waals surface area contributed by atoms with Crippen molar-refractivity contribution in [1.82, 2.24) is 4.57 Å². The first kappa shape index (κ1) is 9.06. The van der Waals surface area contributed by atoms with Crippen LogP contribution in [0.5, 0.6) is 0 Å². The van der Waals surface area contributed by atoms with E-state index >= 15 is 0 Å². The van der Waals surface area contributed by atoms with E-state index in [0.717, 1.165) is 12.1 Å². The summed E-state index contributed by atoms with van der Waals surface area (Å²) < 4.78 is 6.97. The van der Waals surface area contributed by atoms with Crippen LogP contribution in [0.25, 0.3) is 6.08 Å². The summed E-state index contributed by atoms with van der Waals surface area (Å²) in [5.41, 5.74) is 1.06. The zero-order valence-electron chi connectivity index (χ0n) is 8.14. The minimum Gasteiger partial charge on any atom is -0.464 e. The summed E-state index contributed by atoms with van der Waals surface area (Å²) in [5.74, 6) is -0.144. The van der Waals surface area contributed by atoms with E-state index in [4.69, 9.17) is 4.74 Å². The molecular weight excluding hydrogens is 178 g/mol. The number of esters is 1. The van der Waals surface area contributed by atoms with Gasteiger partial charge in [0.25, 0.3) is 0 Å². The molecule has 3 heteroatoms. The molecule has 74 valence electrons. The van der Waals surface area contributed by atoms with E-state index in [9.17, 15) is 4.79 Å². The van der Waals surface area contributed by atoms with Crippen molar-refractivity contribution in [2.24, 2.45) is 0 Å². The maximum atomic E-state index is 11.6. The normalized spacial score (nSPS) is 19.1. The number of hydrogen-bond donors (Lipinski definition) is 0. The van der Waals surface area contributed by atoms with Crippen LogP contribution in [0.3, 0.4) is 0 Å². The van der Waals surface area contributed by atoms with Crippen LogP contribution in [0.4, 0.5) is 0 Å². The van der Waals surface area contributed by atoms with Gasteiger partial charge in [-0.15, -0.1) is 0 Å². The summed E-state index contributed by atoms with van der Waals surface area (Å²) in [7, 11) is 0. The van der Waals surface area contributed by atoms with Crippen molar-refractivity contribution in [2.75, 3.05) is 6.61 Å². The Balaban J connectivity index is 2.24. The monoisotopic (exact) mass is 191 g/mol. The first-order valence-corrected chi connectivity index (χ1v) is 4.83. The molecule has 14 heavy (non-hydrogen) atoms. The van der Waals surface area contributed by atoms with Gasteiger partial charge in [0.1, 0.15) is 6.04 Å². The zero-order valence-corrected chi connectivity index (χ0v) is 8.14. The predicted octanol–water partition coefficient (Wildman–Crippen LogP) is 2.01. The summed E-state index contributed by atoms with van der Waals surface area (Å²) in [6, 6.07) is 3.75. The molecule has 0 N–H and O–H groups in total. The molecule has 1 aromatic heterocycles. The number of aromatic nitrogens is 1. The van der Waals surface area contributed by atoms with E-state index in [2.05, 4.69) is 0 Å². The molecule has 0 fully saturated rings. The third-order valence-corrected chi connectivity index (χ3v) is 2.35. The zero-order chi connectivity index (χ0) is 9.97. The van der Waals surface area contributed by atoms with Crippen molar-refractivity contribution in [3.8, 4) is 0 Å². The average Bonchev–Trinajstić information content (AvgIpc) is 2.65. The number of carbonyl (C=O) groups is 1. The molecule has 1 aliphatic rings.